The predicted molar refractivity (Wildman–Crippen MR) is 102 cm³/mol. The minimum absolute atomic E-state index is 0.139. The molecule has 5 nitrogen and oxygen atoms in total. The van der Waals surface area contributed by atoms with Crippen LogP contribution in [0.1, 0.15) is 17.2 Å². The molecule has 0 bridgehead atoms. The molecule has 1 aromatic carbocycles. The van der Waals surface area contributed by atoms with Crippen LogP contribution in [-0.2, 0) is 11.3 Å². The highest BCUT2D eigenvalue weighted by Gasteiger charge is 2.31. The molecular weight excluding hydrogens is 312 g/mol. The quantitative estimate of drug-likeness (QED) is 0.874. The van der Waals surface area contributed by atoms with Crippen LogP contribution >= 0.6 is 0 Å². The number of nitrogens with zero attached hydrogens (tertiary/aromatic N) is 3. The summed E-state index contributed by atoms with van der Waals surface area (Å²) in [6, 6.07) is 13.0. The van der Waals surface area contributed by atoms with E-state index >= 15 is 0 Å². The van der Waals surface area contributed by atoms with Gasteiger partial charge in [-0.25, -0.2) is 0 Å². The lowest BCUT2D eigenvalue weighted by molar-refractivity contribution is -0.0615. The van der Waals surface area contributed by atoms with Gasteiger partial charge in [0, 0.05) is 57.4 Å². The van der Waals surface area contributed by atoms with Crippen LogP contribution in [-0.4, -0.2) is 56.8 Å². The summed E-state index contributed by atoms with van der Waals surface area (Å²) in [4.78, 5) is 8.77. The van der Waals surface area contributed by atoms with Crippen molar-refractivity contribution >= 4 is 5.69 Å². The summed E-state index contributed by atoms with van der Waals surface area (Å²) in [7, 11) is 6.30. The topological polar surface area (TPSA) is 40.6 Å². The lowest BCUT2D eigenvalue weighted by Crippen LogP contribution is -2.47. The van der Waals surface area contributed by atoms with Crippen LogP contribution < -0.4 is 10.2 Å². The predicted octanol–water partition coefficient (Wildman–Crippen LogP) is 2.31. The molecule has 5 heteroatoms. The van der Waals surface area contributed by atoms with Crippen molar-refractivity contribution in [3.05, 3.63) is 59.9 Å². The number of hydrogen-bond acceptors (Lipinski definition) is 5. The van der Waals surface area contributed by atoms with Crippen molar-refractivity contribution in [3.8, 4) is 0 Å². The number of ether oxygens (including phenoxy) is 1. The summed E-state index contributed by atoms with van der Waals surface area (Å²) in [6.45, 7) is 3.34. The van der Waals surface area contributed by atoms with Crippen molar-refractivity contribution in [1.82, 2.24) is 15.2 Å². The molecule has 2 atom stereocenters. The molecule has 134 valence electrons. The Hall–Kier alpha value is -1.95. The van der Waals surface area contributed by atoms with Crippen molar-refractivity contribution in [3.63, 3.8) is 0 Å². The molecule has 1 fully saturated rings. The third-order valence-corrected chi connectivity index (χ3v) is 4.76. The van der Waals surface area contributed by atoms with Crippen molar-refractivity contribution in [2.24, 2.45) is 0 Å². The Morgan fingerprint density at radius 2 is 2.04 bits per heavy atom. The molecule has 0 unspecified atom stereocenters. The number of hydrogen-bond donors (Lipinski definition) is 1. The minimum atomic E-state index is 0.139. The first-order chi connectivity index (χ1) is 12.2. The molecule has 2 aromatic rings. The molecule has 0 radical (unpaired) electrons. The van der Waals surface area contributed by atoms with Crippen LogP contribution in [0, 0.1) is 0 Å². The number of morpholine rings is 1. The Kier molecular flexibility index (Phi) is 6.02. The van der Waals surface area contributed by atoms with Crippen molar-refractivity contribution < 1.29 is 4.74 Å². The zero-order chi connectivity index (χ0) is 17.6. The Morgan fingerprint density at radius 3 is 2.80 bits per heavy atom. The fourth-order valence-corrected chi connectivity index (χ4v) is 3.49. The number of rotatable bonds is 6. The second-order valence-electron chi connectivity index (χ2n) is 6.78. The molecule has 1 aromatic heterocycles. The fourth-order valence-electron chi connectivity index (χ4n) is 3.49. The maximum absolute atomic E-state index is 6.10. The first-order valence-electron chi connectivity index (χ1n) is 8.84. The van der Waals surface area contributed by atoms with Gasteiger partial charge >= 0.3 is 0 Å². The van der Waals surface area contributed by atoms with Gasteiger partial charge < -0.3 is 15.0 Å². The molecule has 1 aliphatic rings. The smallest absolute Gasteiger partial charge is 0.0896 e. The maximum atomic E-state index is 6.10. The van der Waals surface area contributed by atoms with Gasteiger partial charge in [-0.2, -0.15) is 0 Å². The summed E-state index contributed by atoms with van der Waals surface area (Å²) >= 11 is 0. The first kappa shape index (κ1) is 17.9. The molecular formula is C20H28N4O. The zero-order valence-corrected chi connectivity index (χ0v) is 15.4. The third kappa shape index (κ3) is 4.37. The molecule has 1 N–H and O–H groups in total. The molecule has 0 aliphatic carbocycles. The monoisotopic (exact) mass is 340 g/mol. The molecule has 3 rings (SSSR count). The average Bonchev–Trinajstić information content (AvgIpc) is 2.63. The SMILES string of the molecule is CN(C)c1ccncc1CNC[C@@H]1OCCN(C)[C@H]1c1ccccc1. The molecule has 0 spiro atoms. The lowest BCUT2D eigenvalue weighted by Gasteiger charge is -2.39. The number of pyridine rings is 1. The Labute approximate surface area is 150 Å². The van der Waals surface area contributed by atoms with Crippen LogP contribution in [0.4, 0.5) is 5.69 Å². The summed E-state index contributed by atoms with van der Waals surface area (Å²) in [5.41, 5.74) is 3.71. The van der Waals surface area contributed by atoms with Gasteiger partial charge in [-0.05, 0) is 18.7 Å². The molecule has 1 aliphatic heterocycles. The van der Waals surface area contributed by atoms with E-state index in [4.69, 9.17) is 4.74 Å². The van der Waals surface area contributed by atoms with Gasteiger partial charge in [-0.15, -0.1) is 0 Å². The van der Waals surface area contributed by atoms with Gasteiger partial charge in [-0.3, -0.25) is 9.88 Å². The van der Waals surface area contributed by atoms with E-state index in [2.05, 4.69) is 77.6 Å². The number of aromatic nitrogens is 1. The average molecular weight is 340 g/mol. The van der Waals surface area contributed by atoms with Crippen LogP contribution in [0.15, 0.2) is 48.8 Å². The fraction of sp³-hybridized carbons (Fsp3) is 0.450. The second kappa shape index (κ2) is 8.43. The van der Waals surface area contributed by atoms with Crippen molar-refractivity contribution in [2.45, 2.75) is 18.7 Å². The first-order valence-corrected chi connectivity index (χ1v) is 8.84. The van der Waals surface area contributed by atoms with E-state index in [1.165, 1.54) is 16.8 Å². The minimum Gasteiger partial charge on any atom is -0.377 e. The highest BCUT2D eigenvalue weighted by molar-refractivity contribution is 5.50. The van der Waals surface area contributed by atoms with Gasteiger partial charge in [0.25, 0.3) is 0 Å². The normalized spacial score (nSPS) is 21.2. The second-order valence-corrected chi connectivity index (χ2v) is 6.78. The largest absolute Gasteiger partial charge is 0.377 e. The molecule has 0 amide bonds. The number of likely N-dealkylation sites (N-methyl/N-ethyl adjacent to an activating group) is 1. The molecule has 1 saturated heterocycles. The molecule has 0 saturated carbocycles. The molecule has 2 heterocycles. The van der Waals surface area contributed by atoms with Gasteiger partial charge in [0.05, 0.1) is 18.8 Å². The summed E-state index contributed by atoms with van der Waals surface area (Å²) in [5, 5.41) is 3.57. The van der Waals surface area contributed by atoms with E-state index in [1.54, 1.807) is 0 Å². The van der Waals surface area contributed by atoms with E-state index in [0.29, 0.717) is 0 Å². The Morgan fingerprint density at radius 1 is 1.24 bits per heavy atom. The van der Waals surface area contributed by atoms with Crippen LogP contribution in [0.2, 0.25) is 0 Å². The highest BCUT2D eigenvalue weighted by atomic mass is 16.5. The third-order valence-electron chi connectivity index (χ3n) is 4.76. The van der Waals surface area contributed by atoms with Gasteiger partial charge in [0.15, 0.2) is 0 Å². The molecule has 25 heavy (non-hydrogen) atoms. The maximum Gasteiger partial charge on any atom is 0.0896 e. The van der Waals surface area contributed by atoms with Crippen molar-refractivity contribution in [1.29, 1.82) is 0 Å². The number of benzene rings is 1. The van der Waals surface area contributed by atoms with Crippen LogP contribution in [0.25, 0.3) is 0 Å². The van der Waals surface area contributed by atoms with Crippen LogP contribution in [0.5, 0.6) is 0 Å². The lowest BCUT2D eigenvalue weighted by atomic mass is 9.98. The standard InChI is InChI=1S/C20H28N4O/c1-23(2)18-9-10-21-13-17(18)14-22-15-19-20(24(3)11-12-25-19)16-7-5-4-6-8-16/h4-10,13,19-20,22H,11-12,14-15H2,1-3H3/t19-,20-/m0/s1. The van der Waals surface area contributed by atoms with Crippen molar-refractivity contribution in [2.75, 3.05) is 45.7 Å². The zero-order valence-electron chi connectivity index (χ0n) is 15.4. The number of anilines is 1. The summed E-state index contributed by atoms with van der Waals surface area (Å²) in [5.74, 6) is 0. The van der Waals surface area contributed by atoms with E-state index in [-0.39, 0.29) is 12.1 Å². The van der Waals surface area contributed by atoms with E-state index in [1.807, 2.05) is 12.4 Å². The van der Waals surface area contributed by atoms with Gasteiger partial charge in [0.1, 0.15) is 0 Å². The summed E-state index contributed by atoms with van der Waals surface area (Å²) < 4.78 is 6.10. The Bertz CT molecular complexity index is 662. The van der Waals surface area contributed by atoms with Gasteiger partial charge in [-0.1, -0.05) is 30.3 Å². The highest BCUT2D eigenvalue weighted by Crippen LogP contribution is 2.28. The van der Waals surface area contributed by atoms with Crippen LogP contribution in [0.3, 0.4) is 0 Å². The number of nitrogens with one attached hydrogen (secondary N) is 1. The van der Waals surface area contributed by atoms with E-state index in [0.717, 1.165) is 26.2 Å². The van der Waals surface area contributed by atoms with E-state index < -0.39 is 0 Å². The summed E-state index contributed by atoms with van der Waals surface area (Å²) in [6.07, 6.45) is 3.91. The van der Waals surface area contributed by atoms with E-state index in [9.17, 15) is 0 Å². The Balaban J connectivity index is 1.65. The van der Waals surface area contributed by atoms with Gasteiger partial charge in [0.2, 0.25) is 0 Å².